The monoisotopic (exact) mass is 512 g/mol. The summed E-state index contributed by atoms with van der Waals surface area (Å²) in [6, 6.07) is 34.6. The normalized spacial score (nSPS) is 9.37. The molecule has 0 aliphatic heterocycles. The second-order valence-electron chi connectivity index (χ2n) is 6.98. The molecule has 4 aromatic carbocycles. The summed E-state index contributed by atoms with van der Waals surface area (Å²) in [7, 11) is 0. The van der Waals surface area contributed by atoms with Crippen LogP contribution in [-0.4, -0.2) is 0 Å². The molecule has 38 heavy (non-hydrogen) atoms. The minimum atomic E-state index is 1.10. The average molecular weight is 513 g/mol. The zero-order valence-corrected chi connectivity index (χ0v) is 26.7. The lowest BCUT2D eigenvalue weighted by molar-refractivity contribution is 1.26. The van der Waals surface area contributed by atoms with E-state index in [1.54, 1.807) is 0 Å². The highest BCUT2D eigenvalue weighted by molar-refractivity contribution is 5.77. The molecule has 4 aromatic rings. The molecule has 0 aromatic heterocycles. The molecule has 0 spiro atoms. The van der Waals surface area contributed by atoms with Gasteiger partial charge in [0, 0.05) is 0 Å². The fourth-order valence-electron chi connectivity index (χ4n) is 4.16. The van der Waals surface area contributed by atoms with Crippen LogP contribution in [0.15, 0.2) is 97.1 Å². The first kappa shape index (κ1) is 37.0. The van der Waals surface area contributed by atoms with Gasteiger partial charge in [-0.05, 0) is 57.3 Å². The number of hydrogen-bond donors (Lipinski definition) is 0. The lowest BCUT2D eigenvalue weighted by atomic mass is 10.1. The summed E-state index contributed by atoms with van der Waals surface area (Å²) in [4.78, 5) is 0. The van der Waals surface area contributed by atoms with Crippen molar-refractivity contribution >= 4 is 0 Å². The van der Waals surface area contributed by atoms with Crippen LogP contribution in [0.2, 0.25) is 0 Å². The Morgan fingerprint density at radius 2 is 0.421 bits per heavy atom. The molecule has 0 heteroatoms. The topological polar surface area (TPSA) is 0 Å². The van der Waals surface area contributed by atoms with Gasteiger partial charge in [0.05, 0.1) is 0 Å². The third kappa shape index (κ3) is 10.3. The number of rotatable bonds is 0. The van der Waals surface area contributed by atoms with E-state index in [2.05, 4.69) is 97.1 Å². The smallest absolute Gasteiger partial charge is 0.00135 e. The van der Waals surface area contributed by atoms with Crippen molar-refractivity contribution in [3.05, 3.63) is 119 Å². The largest absolute Gasteiger partial charge is 0.0683 e. The third-order valence-corrected chi connectivity index (χ3v) is 5.41. The Bertz CT molecular complexity index is 912. The Morgan fingerprint density at radius 3 is 0.605 bits per heavy atom. The van der Waals surface area contributed by atoms with Crippen molar-refractivity contribution in [2.24, 2.45) is 0 Å². The maximum absolute atomic E-state index is 2.22. The molecule has 2 aliphatic rings. The van der Waals surface area contributed by atoms with Crippen molar-refractivity contribution in [2.75, 3.05) is 0 Å². The Hall–Kier alpha value is -3.12. The van der Waals surface area contributed by atoms with Gasteiger partial charge in [-0.2, -0.15) is 0 Å². The number of fused-ring (bicyclic) bond motifs is 6. The van der Waals surface area contributed by atoms with Gasteiger partial charge in [-0.15, -0.1) is 0 Å². The summed E-state index contributed by atoms with van der Waals surface area (Å²) in [6.07, 6.45) is 2.21. The molecule has 6 rings (SSSR count). The van der Waals surface area contributed by atoms with Crippen LogP contribution < -0.4 is 0 Å². The van der Waals surface area contributed by atoms with Crippen molar-refractivity contribution in [2.45, 2.75) is 95.9 Å². The van der Waals surface area contributed by atoms with Crippen LogP contribution in [0.3, 0.4) is 0 Å². The second kappa shape index (κ2) is 24.2. The van der Waals surface area contributed by atoms with Gasteiger partial charge in [-0.1, -0.05) is 180 Å². The summed E-state index contributed by atoms with van der Waals surface area (Å²) in [5.41, 5.74) is 11.5. The van der Waals surface area contributed by atoms with Crippen molar-refractivity contribution in [3.63, 3.8) is 0 Å². The fourth-order valence-corrected chi connectivity index (χ4v) is 4.16. The van der Waals surface area contributed by atoms with Crippen LogP contribution in [0, 0.1) is 0 Å². The Morgan fingerprint density at radius 1 is 0.263 bits per heavy atom. The predicted molar refractivity (Wildman–Crippen MR) is 177 cm³/mol. The number of hydrogen-bond acceptors (Lipinski definition) is 0. The molecule has 0 atom stereocenters. The number of benzene rings is 4. The summed E-state index contributed by atoms with van der Waals surface area (Å²) in [5, 5.41) is 0. The molecule has 0 fully saturated rings. The van der Waals surface area contributed by atoms with Crippen LogP contribution in [0.25, 0.3) is 22.3 Å². The molecule has 0 nitrogen and oxygen atoms in total. The first-order chi connectivity index (χ1) is 18.9. The van der Waals surface area contributed by atoms with Crippen molar-refractivity contribution in [1.29, 1.82) is 0 Å². The van der Waals surface area contributed by atoms with Gasteiger partial charge in [0.2, 0.25) is 0 Å². The molecule has 0 radical (unpaired) electrons. The lowest BCUT2D eigenvalue weighted by Crippen LogP contribution is -1.77. The van der Waals surface area contributed by atoms with E-state index in [4.69, 9.17) is 0 Å². The van der Waals surface area contributed by atoms with Gasteiger partial charge in [0.1, 0.15) is 0 Å². The summed E-state index contributed by atoms with van der Waals surface area (Å²) >= 11 is 0. The van der Waals surface area contributed by atoms with Gasteiger partial charge in [-0.25, -0.2) is 0 Å². The quantitative estimate of drug-likeness (QED) is 0.190. The van der Waals surface area contributed by atoms with Crippen LogP contribution >= 0.6 is 0 Å². The lowest BCUT2D eigenvalue weighted by Gasteiger charge is -1.98. The maximum Gasteiger partial charge on any atom is -0.00135 e. The Labute approximate surface area is 237 Å². The zero-order valence-electron chi connectivity index (χ0n) is 26.7. The maximum atomic E-state index is 2.22. The van der Waals surface area contributed by atoms with E-state index in [1.165, 1.54) is 44.5 Å². The Kier molecular flexibility index (Phi) is 23.6. The highest BCUT2D eigenvalue weighted by atomic mass is 14.2. The molecule has 2 aliphatic carbocycles. The molecular formula is C38H56. The molecule has 0 unspecified atom stereocenters. The van der Waals surface area contributed by atoms with E-state index in [9.17, 15) is 0 Å². The third-order valence-electron chi connectivity index (χ3n) is 5.41. The van der Waals surface area contributed by atoms with Crippen LogP contribution in [0.4, 0.5) is 0 Å². The highest BCUT2D eigenvalue weighted by Crippen LogP contribution is 2.36. The zero-order chi connectivity index (χ0) is 29.3. The van der Waals surface area contributed by atoms with Gasteiger partial charge < -0.3 is 0 Å². The van der Waals surface area contributed by atoms with E-state index in [0.717, 1.165) is 12.8 Å². The first-order valence-electron chi connectivity index (χ1n) is 15.2. The molecule has 208 valence electrons. The SMILES string of the molecule is CC.CC.CC.CC.CC.CC.c1ccc2c(c1)Cc1ccccc1-2.c1ccc2c(c1)Cc1ccccc1-2. The summed E-state index contributed by atoms with van der Waals surface area (Å²) in [5.74, 6) is 0. The minimum absolute atomic E-state index is 1.10. The molecule has 0 bridgehead atoms. The van der Waals surface area contributed by atoms with Gasteiger partial charge >= 0.3 is 0 Å². The van der Waals surface area contributed by atoms with Crippen LogP contribution in [0.1, 0.15) is 105 Å². The first-order valence-corrected chi connectivity index (χ1v) is 15.2. The summed E-state index contributed by atoms with van der Waals surface area (Å²) < 4.78 is 0. The van der Waals surface area contributed by atoms with E-state index in [-0.39, 0.29) is 0 Å². The standard InChI is InChI=1S/2C13H10.6C2H6/c2*1-3-7-12-10(5-1)9-11-6-2-4-8-13(11)12;6*1-2/h2*1-8H,9H2;6*1-2H3. The van der Waals surface area contributed by atoms with Gasteiger partial charge in [0.15, 0.2) is 0 Å². The van der Waals surface area contributed by atoms with Crippen LogP contribution in [-0.2, 0) is 12.8 Å². The molecular weight excluding hydrogens is 456 g/mol. The fraction of sp³-hybridized carbons (Fsp3) is 0.368. The summed E-state index contributed by atoms with van der Waals surface area (Å²) in [6.45, 7) is 24.0. The van der Waals surface area contributed by atoms with Crippen molar-refractivity contribution in [3.8, 4) is 22.3 Å². The van der Waals surface area contributed by atoms with Gasteiger partial charge in [-0.3, -0.25) is 0 Å². The minimum Gasteiger partial charge on any atom is -0.0683 e. The molecule has 0 saturated carbocycles. The van der Waals surface area contributed by atoms with E-state index in [1.807, 2.05) is 83.1 Å². The molecule has 0 amide bonds. The second-order valence-corrected chi connectivity index (χ2v) is 6.98. The van der Waals surface area contributed by atoms with E-state index < -0.39 is 0 Å². The van der Waals surface area contributed by atoms with E-state index >= 15 is 0 Å². The van der Waals surface area contributed by atoms with Crippen molar-refractivity contribution < 1.29 is 0 Å². The van der Waals surface area contributed by atoms with Crippen molar-refractivity contribution in [1.82, 2.24) is 0 Å². The molecule has 0 heterocycles. The highest BCUT2D eigenvalue weighted by Gasteiger charge is 2.16. The van der Waals surface area contributed by atoms with Gasteiger partial charge in [0.25, 0.3) is 0 Å². The average Bonchev–Trinajstić information content (AvgIpc) is 3.62. The molecule has 0 N–H and O–H groups in total. The Balaban J connectivity index is 0. The van der Waals surface area contributed by atoms with E-state index in [0.29, 0.717) is 0 Å². The van der Waals surface area contributed by atoms with Crippen LogP contribution in [0.5, 0.6) is 0 Å². The molecule has 0 saturated heterocycles. The predicted octanol–water partition coefficient (Wildman–Crippen LogP) is 12.7.